The van der Waals surface area contributed by atoms with Gasteiger partial charge in [-0.25, -0.2) is 0 Å². The minimum Gasteiger partial charge on any atom is -0.344 e. The molecule has 0 aliphatic rings. The zero-order chi connectivity index (χ0) is 20.8. The standard InChI is InChI=1S/C22H24N4O2S/c1-14(2)19(23-18(27)13-16-9-5-4-6-10-16)20(28)24-22-26-25-21(29-22)17-11-7-8-15(3)12-17/h4-12,14,19H,13H2,1-3H3,(H,23,27)(H,24,26,28). The molecule has 0 fully saturated rings. The number of anilines is 1. The zero-order valence-electron chi connectivity index (χ0n) is 16.7. The summed E-state index contributed by atoms with van der Waals surface area (Å²) in [5.41, 5.74) is 2.99. The van der Waals surface area contributed by atoms with E-state index in [0.29, 0.717) is 5.13 Å². The van der Waals surface area contributed by atoms with Gasteiger partial charge in [-0.2, -0.15) is 0 Å². The van der Waals surface area contributed by atoms with Crippen molar-refractivity contribution in [1.82, 2.24) is 15.5 Å². The Kier molecular flexibility index (Phi) is 6.72. The molecule has 3 rings (SSSR count). The molecule has 7 heteroatoms. The van der Waals surface area contributed by atoms with Crippen LogP contribution in [0.4, 0.5) is 5.13 Å². The summed E-state index contributed by atoms with van der Waals surface area (Å²) < 4.78 is 0. The number of carbonyl (C=O) groups is 2. The number of carbonyl (C=O) groups excluding carboxylic acids is 2. The molecule has 2 amide bonds. The highest BCUT2D eigenvalue weighted by molar-refractivity contribution is 7.18. The number of hydrogen-bond acceptors (Lipinski definition) is 5. The molecule has 1 aromatic heterocycles. The lowest BCUT2D eigenvalue weighted by atomic mass is 10.0. The third-order valence-corrected chi connectivity index (χ3v) is 5.28. The highest BCUT2D eigenvalue weighted by atomic mass is 32.1. The van der Waals surface area contributed by atoms with E-state index in [1.165, 1.54) is 11.3 Å². The number of aromatic nitrogens is 2. The van der Waals surface area contributed by atoms with Crippen molar-refractivity contribution in [2.75, 3.05) is 5.32 Å². The molecule has 150 valence electrons. The number of amides is 2. The van der Waals surface area contributed by atoms with Crippen LogP contribution in [0, 0.1) is 12.8 Å². The van der Waals surface area contributed by atoms with E-state index in [9.17, 15) is 9.59 Å². The summed E-state index contributed by atoms with van der Waals surface area (Å²) in [6, 6.07) is 16.7. The molecule has 0 saturated heterocycles. The van der Waals surface area contributed by atoms with Crippen LogP contribution < -0.4 is 10.6 Å². The van der Waals surface area contributed by atoms with Crippen LogP contribution in [-0.4, -0.2) is 28.1 Å². The summed E-state index contributed by atoms with van der Waals surface area (Å²) in [4.78, 5) is 25.1. The van der Waals surface area contributed by atoms with E-state index in [4.69, 9.17) is 0 Å². The molecule has 29 heavy (non-hydrogen) atoms. The van der Waals surface area contributed by atoms with Gasteiger partial charge in [-0.3, -0.25) is 14.9 Å². The van der Waals surface area contributed by atoms with Crippen LogP contribution in [0.5, 0.6) is 0 Å². The molecular formula is C22H24N4O2S. The summed E-state index contributed by atoms with van der Waals surface area (Å²) in [7, 11) is 0. The van der Waals surface area contributed by atoms with Gasteiger partial charge in [0.25, 0.3) is 0 Å². The molecule has 1 atom stereocenters. The van der Waals surface area contributed by atoms with E-state index in [2.05, 4.69) is 20.8 Å². The summed E-state index contributed by atoms with van der Waals surface area (Å²) in [5.74, 6) is -0.560. The number of hydrogen-bond donors (Lipinski definition) is 2. The molecule has 0 aliphatic heterocycles. The SMILES string of the molecule is Cc1cccc(-c2nnc(NC(=O)C(NC(=O)Cc3ccccc3)C(C)C)s2)c1. The van der Waals surface area contributed by atoms with E-state index < -0.39 is 6.04 Å². The molecule has 1 unspecified atom stereocenters. The van der Waals surface area contributed by atoms with E-state index in [1.54, 1.807) is 0 Å². The Hall–Kier alpha value is -3.06. The smallest absolute Gasteiger partial charge is 0.249 e. The van der Waals surface area contributed by atoms with E-state index in [0.717, 1.165) is 21.7 Å². The van der Waals surface area contributed by atoms with Crippen LogP contribution in [0.25, 0.3) is 10.6 Å². The van der Waals surface area contributed by atoms with Gasteiger partial charge in [0.2, 0.25) is 16.9 Å². The third kappa shape index (κ3) is 5.71. The summed E-state index contributed by atoms with van der Waals surface area (Å²) in [5, 5.41) is 15.0. The Bertz CT molecular complexity index is 985. The number of rotatable bonds is 7. The highest BCUT2D eigenvalue weighted by Gasteiger charge is 2.25. The molecule has 6 nitrogen and oxygen atoms in total. The number of benzene rings is 2. The number of nitrogens with one attached hydrogen (secondary N) is 2. The Morgan fingerprint density at radius 3 is 2.48 bits per heavy atom. The minimum absolute atomic E-state index is 0.0705. The van der Waals surface area contributed by atoms with Crippen LogP contribution >= 0.6 is 11.3 Å². The van der Waals surface area contributed by atoms with Crippen molar-refractivity contribution in [2.24, 2.45) is 5.92 Å². The maximum Gasteiger partial charge on any atom is 0.249 e. The predicted molar refractivity (Wildman–Crippen MR) is 116 cm³/mol. The first kappa shape index (κ1) is 20.7. The van der Waals surface area contributed by atoms with E-state index >= 15 is 0 Å². The highest BCUT2D eigenvalue weighted by Crippen LogP contribution is 2.27. The van der Waals surface area contributed by atoms with Gasteiger partial charge in [-0.1, -0.05) is 79.3 Å². The lowest BCUT2D eigenvalue weighted by molar-refractivity contribution is -0.127. The zero-order valence-corrected chi connectivity index (χ0v) is 17.5. The lowest BCUT2D eigenvalue weighted by Gasteiger charge is -2.21. The van der Waals surface area contributed by atoms with Crippen molar-refractivity contribution < 1.29 is 9.59 Å². The Morgan fingerprint density at radius 2 is 1.79 bits per heavy atom. The maximum atomic E-state index is 12.8. The van der Waals surface area contributed by atoms with Crippen molar-refractivity contribution in [1.29, 1.82) is 0 Å². The van der Waals surface area contributed by atoms with Gasteiger partial charge in [0.1, 0.15) is 11.0 Å². The van der Waals surface area contributed by atoms with Gasteiger partial charge >= 0.3 is 0 Å². The molecule has 3 aromatic rings. The van der Waals surface area contributed by atoms with Crippen LogP contribution in [0.2, 0.25) is 0 Å². The fourth-order valence-electron chi connectivity index (χ4n) is 2.89. The van der Waals surface area contributed by atoms with Gasteiger partial charge in [-0.15, -0.1) is 10.2 Å². The fourth-order valence-corrected chi connectivity index (χ4v) is 3.64. The van der Waals surface area contributed by atoms with Gasteiger partial charge in [0, 0.05) is 5.56 Å². The van der Waals surface area contributed by atoms with Crippen LogP contribution in [0.1, 0.15) is 25.0 Å². The molecule has 0 spiro atoms. The van der Waals surface area contributed by atoms with Crippen molar-refractivity contribution in [3.63, 3.8) is 0 Å². The second-order valence-corrected chi connectivity index (χ2v) is 8.20. The van der Waals surface area contributed by atoms with Gasteiger partial charge < -0.3 is 5.32 Å². The fraction of sp³-hybridized carbons (Fsp3) is 0.273. The first-order valence-corrected chi connectivity index (χ1v) is 10.3. The molecule has 0 saturated carbocycles. The summed E-state index contributed by atoms with van der Waals surface area (Å²) in [6.07, 6.45) is 0.230. The average Bonchev–Trinajstić information content (AvgIpc) is 3.15. The molecule has 0 aliphatic carbocycles. The first-order chi connectivity index (χ1) is 13.9. The summed E-state index contributed by atoms with van der Waals surface area (Å²) >= 11 is 1.31. The van der Waals surface area contributed by atoms with Crippen molar-refractivity contribution in [2.45, 2.75) is 33.2 Å². The van der Waals surface area contributed by atoms with Crippen molar-refractivity contribution in [3.8, 4) is 10.6 Å². The van der Waals surface area contributed by atoms with Crippen molar-refractivity contribution >= 4 is 28.3 Å². The molecular weight excluding hydrogens is 384 g/mol. The predicted octanol–water partition coefficient (Wildman–Crippen LogP) is 3.84. The van der Waals surface area contributed by atoms with E-state index in [1.807, 2.05) is 75.4 Å². The first-order valence-electron chi connectivity index (χ1n) is 9.47. The largest absolute Gasteiger partial charge is 0.344 e. The average molecular weight is 409 g/mol. The van der Waals surface area contributed by atoms with Gasteiger partial charge in [-0.05, 0) is 24.5 Å². The number of nitrogens with zero attached hydrogens (tertiary/aromatic N) is 2. The summed E-state index contributed by atoms with van der Waals surface area (Å²) in [6.45, 7) is 5.80. The lowest BCUT2D eigenvalue weighted by Crippen LogP contribution is -2.47. The Balaban J connectivity index is 1.64. The monoisotopic (exact) mass is 408 g/mol. The second-order valence-electron chi connectivity index (χ2n) is 7.22. The third-order valence-electron chi connectivity index (χ3n) is 4.39. The Morgan fingerprint density at radius 1 is 1.03 bits per heavy atom. The van der Waals surface area contributed by atoms with Crippen LogP contribution in [0.3, 0.4) is 0 Å². The molecule has 0 bridgehead atoms. The quantitative estimate of drug-likeness (QED) is 0.622. The topological polar surface area (TPSA) is 84.0 Å². The molecule has 2 N–H and O–H groups in total. The normalized spacial score (nSPS) is 11.9. The van der Waals surface area contributed by atoms with Crippen LogP contribution in [0.15, 0.2) is 54.6 Å². The van der Waals surface area contributed by atoms with E-state index in [-0.39, 0.29) is 24.2 Å². The van der Waals surface area contributed by atoms with Gasteiger partial charge in [0.05, 0.1) is 6.42 Å². The van der Waals surface area contributed by atoms with Crippen LogP contribution in [-0.2, 0) is 16.0 Å². The second kappa shape index (κ2) is 9.43. The van der Waals surface area contributed by atoms with Crippen molar-refractivity contribution in [3.05, 3.63) is 65.7 Å². The molecule has 2 aromatic carbocycles. The maximum absolute atomic E-state index is 12.8. The Labute approximate surface area is 174 Å². The number of aryl methyl sites for hydroxylation is 1. The minimum atomic E-state index is -0.655. The molecule has 0 radical (unpaired) electrons. The molecule has 1 heterocycles. The van der Waals surface area contributed by atoms with Gasteiger partial charge in [0.15, 0.2) is 0 Å².